The van der Waals surface area contributed by atoms with E-state index in [2.05, 4.69) is 11.3 Å². The van der Waals surface area contributed by atoms with Crippen LogP contribution in [0.3, 0.4) is 0 Å². The van der Waals surface area contributed by atoms with Crippen LogP contribution in [0.1, 0.15) is 13.3 Å². The van der Waals surface area contributed by atoms with Crippen LogP contribution in [0.2, 0.25) is 0 Å². The lowest BCUT2D eigenvalue weighted by atomic mass is 9.91. The van der Waals surface area contributed by atoms with Gasteiger partial charge in [0.2, 0.25) is 0 Å². The molecule has 0 aliphatic rings. The van der Waals surface area contributed by atoms with Crippen molar-refractivity contribution in [2.24, 2.45) is 0 Å². The van der Waals surface area contributed by atoms with Crippen molar-refractivity contribution in [3.63, 3.8) is 0 Å². The van der Waals surface area contributed by atoms with Crippen LogP contribution in [0, 0.1) is 0 Å². The van der Waals surface area contributed by atoms with Gasteiger partial charge in [-0.25, -0.2) is 4.79 Å². The third-order valence-corrected chi connectivity index (χ3v) is 3.02. The molecule has 0 saturated heterocycles. The smallest absolute Gasteiger partial charge is 0.384 e. The Hall–Kier alpha value is -1.63. The van der Waals surface area contributed by atoms with Gasteiger partial charge in [-0.2, -0.15) is 52.7 Å². The number of alkyl halides is 12. The van der Waals surface area contributed by atoms with Crippen molar-refractivity contribution in [2.75, 3.05) is 6.61 Å². The second kappa shape index (κ2) is 6.83. The minimum absolute atomic E-state index is 0.350. The summed E-state index contributed by atoms with van der Waals surface area (Å²) in [5.41, 5.74) is 0. The number of hydrogen-bond donors (Lipinski definition) is 0. The number of hydrogen-bond acceptors (Lipinski definition) is 2. The molecule has 0 atom stereocenters. The van der Waals surface area contributed by atoms with Crippen molar-refractivity contribution in [1.29, 1.82) is 0 Å². The quantitative estimate of drug-likeness (QED) is 0.304. The number of carbonyl (C=O) groups excluding carboxylic acids is 1. The number of esters is 1. The first-order valence-corrected chi connectivity index (χ1v) is 6.27. The molecule has 0 unspecified atom stereocenters. The zero-order valence-corrected chi connectivity index (χ0v) is 12.6. The third kappa shape index (κ3) is 3.72. The Bertz CT molecular complexity index is 535. The minimum atomic E-state index is -7.60. The summed E-state index contributed by atoms with van der Waals surface area (Å²) in [4.78, 5) is 10.5. The molecule has 0 bridgehead atoms. The van der Waals surface area contributed by atoms with Gasteiger partial charge in [-0.15, -0.1) is 0 Å². The zero-order valence-electron chi connectivity index (χ0n) is 12.6. The van der Waals surface area contributed by atoms with E-state index in [9.17, 15) is 57.5 Å². The molecule has 0 spiro atoms. The maximum absolute atomic E-state index is 13.3. The zero-order chi connectivity index (χ0) is 21.4. The highest BCUT2D eigenvalue weighted by Crippen LogP contribution is 2.60. The standard InChI is InChI=1S/C12H10F12O2/c1-3-6(25)26-5-4-8(15,16)10(19,20)12(23,24)11(21,22)9(17,18)7(2,13)14/h3H,1,4-5H2,2H3. The predicted octanol–water partition coefficient (Wildman–Crippen LogP) is 4.94. The highest BCUT2D eigenvalue weighted by molar-refractivity contribution is 5.81. The van der Waals surface area contributed by atoms with E-state index >= 15 is 0 Å². The Morgan fingerprint density at radius 2 is 1.19 bits per heavy atom. The van der Waals surface area contributed by atoms with E-state index in [1.807, 2.05) is 0 Å². The molecule has 0 heterocycles. The van der Waals surface area contributed by atoms with Crippen LogP contribution < -0.4 is 0 Å². The summed E-state index contributed by atoms with van der Waals surface area (Å²) in [6.07, 6.45) is -2.15. The second-order valence-corrected chi connectivity index (χ2v) is 5.01. The molecule has 0 aromatic heterocycles. The maximum Gasteiger partial charge on any atom is 0.384 e. The highest BCUT2D eigenvalue weighted by Gasteiger charge is 2.89. The average Bonchev–Trinajstić information content (AvgIpc) is 2.44. The molecule has 0 aromatic carbocycles. The summed E-state index contributed by atoms with van der Waals surface area (Å²) < 4.78 is 160. The van der Waals surface area contributed by atoms with Gasteiger partial charge in [0.15, 0.2) is 0 Å². The van der Waals surface area contributed by atoms with Gasteiger partial charge in [0.25, 0.3) is 0 Å². The van der Waals surface area contributed by atoms with Crippen molar-refractivity contribution in [3.05, 3.63) is 12.7 Å². The Balaban J connectivity index is 5.85. The van der Waals surface area contributed by atoms with E-state index in [0.29, 0.717) is 6.08 Å². The third-order valence-electron chi connectivity index (χ3n) is 3.02. The van der Waals surface area contributed by atoms with Crippen LogP contribution in [0.25, 0.3) is 0 Å². The first-order valence-electron chi connectivity index (χ1n) is 6.27. The van der Waals surface area contributed by atoms with E-state index in [0.717, 1.165) is 0 Å². The molecular formula is C12H10F12O2. The van der Waals surface area contributed by atoms with Crippen molar-refractivity contribution < 1.29 is 62.2 Å². The van der Waals surface area contributed by atoms with Crippen LogP contribution in [0.4, 0.5) is 52.7 Å². The summed E-state index contributed by atoms with van der Waals surface area (Å²) in [7, 11) is 0. The fourth-order valence-corrected chi connectivity index (χ4v) is 1.40. The summed E-state index contributed by atoms with van der Waals surface area (Å²) in [6, 6.07) is 0. The first-order chi connectivity index (χ1) is 11.2. The van der Waals surface area contributed by atoms with Gasteiger partial charge in [0.05, 0.1) is 13.0 Å². The molecule has 0 rings (SSSR count). The van der Waals surface area contributed by atoms with Gasteiger partial charge in [-0.1, -0.05) is 6.58 Å². The lowest BCUT2D eigenvalue weighted by molar-refractivity contribution is -0.423. The molecule has 154 valence electrons. The van der Waals surface area contributed by atoms with Crippen LogP contribution in [0.5, 0.6) is 0 Å². The van der Waals surface area contributed by atoms with Gasteiger partial charge >= 0.3 is 41.5 Å². The number of carbonyl (C=O) groups is 1. The highest BCUT2D eigenvalue weighted by atomic mass is 19.4. The van der Waals surface area contributed by atoms with E-state index in [-0.39, 0.29) is 0 Å². The van der Waals surface area contributed by atoms with Gasteiger partial charge < -0.3 is 4.74 Å². The normalized spacial score (nSPS) is 15.0. The first kappa shape index (κ1) is 24.4. The molecule has 0 radical (unpaired) electrons. The lowest BCUT2D eigenvalue weighted by Gasteiger charge is -2.40. The molecule has 26 heavy (non-hydrogen) atoms. The largest absolute Gasteiger partial charge is 0.462 e. The van der Waals surface area contributed by atoms with Gasteiger partial charge in [-0.3, -0.25) is 0 Å². The summed E-state index contributed by atoms with van der Waals surface area (Å²) in [5, 5.41) is 0. The van der Waals surface area contributed by atoms with Crippen molar-refractivity contribution in [3.8, 4) is 0 Å². The molecule has 0 amide bonds. The number of ether oxygens (including phenoxy) is 1. The van der Waals surface area contributed by atoms with Gasteiger partial charge in [-0.05, 0) is 0 Å². The number of rotatable bonds is 9. The molecule has 0 N–H and O–H groups in total. The van der Waals surface area contributed by atoms with Gasteiger partial charge in [0.1, 0.15) is 0 Å². The van der Waals surface area contributed by atoms with Crippen LogP contribution in [0.15, 0.2) is 12.7 Å². The van der Waals surface area contributed by atoms with Crippen molar-refractivity contribution in [2.45, 2.75) is 48.9 Å². The second-order valence-electron chi connectivity index (χ2n) is 5.01. The molecular weight excluding hydrogens is 404 g/mol. The summed E-state index contributed by atoms with van der Waals surface area (Å²) in [5.74, 6) is -43.0. The Kier molecular flexibility index (Phi) is 6.40. The monoisotopic (exact) mass is 414 g/mol. The number of halogens is 12. The van der Waals surface area contributed by atoms with Crippen molar-refractivity contribution in [1.82, 2.24) is 0 Å². The van der Waals surface area contributed by atoms with Crippen LogP contribution in [-0.4, -0.2) is 48.1 Å². The molecule has 14 heteroatoms. The Morgan fingerprint density at radius 1 is 0.808 bits per heavy atom. The molecule has 0 aliphatic heterocycles. The molecule has 0 aliphatic carbocycles. The summed E-state index contributed by atoms with van der Waals surface area (Å²) >= 11 is 0. The topological polar surface area (TPSA) is 26.3 Å². The maximum atomic E-state index is 13.3. The van der Waals surface area contributed by atoms with Gasteiger partial charge in [0, 0.05) is 13.0 Å². The van der Waals surface area contributed by atoms with Crippen molar-refractivity contribution >= 4 is 5.97 Å². The van der Waals surface area contributed by atoms with Crippen LogP contribution >= 0.6 is 0 Å². The fourth-order valence-electron chi connectivity index (χ4n) is 1.40. The predicted molar refractivity (Wildman–Crippen MR) is 61.1 cm³/mol. The Morgan fingerprint density at radius 3 is 1.54 bits per heavy atom. The van der Waals surface area contributed by atoms with E-state index < -0.39 is 61.5 Å². The van der Waals surface area contributed by atoms with E-state index in [4.69, 9.17) is 0 Å². The fraction of sp³-hybridized carbons (Fsp3) is 0.750. The minimum Gasteiger partial charge on any atom is -0.462 e. The average molecular weight is 414 g/mol. The molecule has 0 fully saturated rings. The van der Waals surface area contributed by atoms with E-state index in [1.165, 1.54) is 0 Å². The van der Waals surface area contributed by atoms with Crippen LogP contribution in [-0.2, 0) is 9.53 Å². The lowest BCUT2D eigenvalue weighted by Crippen LogP contribution is -2.70. The summed E-state index contributed by atoms with van der Waals surface area (Å²) in [6.45, 7) is 0.0653. The molecule has 2 nitrogen and oxygen atoms in total. The SMILES string of the molecule is C=CC(=O)OCCC(F)(F)C(F)(F)C(F)(F)C(F)(F)C(F)(F)C(C)(F)F. The van der Waals surface area contributed by atoms with E-state index in [1.54, 1.807) is 0 Å². The molecule has 0 aromatic rings. The molecule has 0 saturated carbocycles. The Labute approximate surface area is 137 Å².